The van der Waals surface area contributed by atoms with Crippen molar-refractivity contribution in [1.29, 1.82) is 0 Å². The summed E-state index contributed by atoms with van der Waals surface area (Å²) in [6, 6.07) is 5.09. The summed E-state index contributed by atoms with van der Waals surface area (Å²) in [5.41, 5.74) is -0.186. The van der Waals surface area contributed by atoms with Crippen molar-refractivity contribution >= 4 is 28.3 Å². The normalized spacial score (nSPS) is 12.2. The fraction of sp³-hybridized carbons (Fsp3) is 0.0667. The number of pyridine rings is 1. The lowest BCUT2D eigenvalue weighted by Crippen LogP contribution is -2.19. The molecule has 0 saturated carbocycles. The van der Waals surface area contributed by atoms with Crippen molar-refractivity contribution < 1.29 is 17.6 Å². The largest absolute Gasteiger partial charge is 0.453 e. The number of benzene rings is 1. The van der Waals surface area contributed by atoms with Crippen molar-refractivity contribution in [3.05, 3.63) is 63.7 Å². The molecule has 0 fully saturated rings. The molecule has 0 bridgehead atoms. The predicted molar refractivity (Wildman–Crippen MR) is 83.9 cm³/mol. The van der Waals surface area contributed by atoms with Gasteiger partial charge in [-0.15, -0.1) is 5.10 Å². The van der Waals surface area contributed by atoms with Gasteiger partial charge in [0.2, 0.25) is 0 Å². The van der Waals surface area contributed by atoms with Crippen molar-refractivity contribution in [3.63, 3.8) is 0 Å². The van der Waals surface area contributed by atoms with Crippen molar-refractivity contribution in [1.82, 2.24) is 24.1 Å². The van der Waals surface area contributed by atoms with Gasteiger partial charge >= 0.3 is 6.18 Å². The lowest BCUT2D eigenvalue weighted by atomic mass is 10.2. The maximum atomic E-state index is 13.3. The molecule has 132 valence electrons. The van der Waals surface area contributed by atoms with Gasteiger partial charge in [0, 0.05) is 12.4 Å². The third-order valence-electron chi connectivity index (χ3n) is 3.67. The van der Waals surface area contributed by atoms with Crippen LogP contribution in [0.5, 0.6) is 0 Å². The summed E-state index contributed by atoms with van der Waals surface area (Å²) in [6.07, 6.45) is -2.30. The first-order valence-corrected chi connectivity index (χ1v) is 7.43. The Morgan fingerprint density at radius 3 is 2.62 bits per heavy atom. The molecule has 0 radical (unpaired) electrons. The van der Waals surface area contributed by atoms with Crippen molar-refractivity contribution in [2.24, 2.45) is 0 Å². The van der Waals surface area contributed by atoms with E-state index < -0.39 is 23.4 Å². The molecular formula is C15H6ClF4N5O. The molecule has 0 aliphatic heterocycles. The summed E-state index contributed by atoms with van der Waals surface area (Å²) in [4.78, 5) is 19.7. The van der Waals surface area contributed by atoms with Crippen LogP contribution in [0.1, 0.15) is 5.82 Å². The van der Waals surface area contributed by atoms with Crippen LogP contribution >= 0.6 is 11.6 Å². The van der Waals surface area contributed by atoms with E-state index in [1.165, 1.54) is 29.0 Å². The second-order valence-electron chi connectivity index (χ2n) is 5.29. The zero-order valence-electron chi connectivity index (χ0n) is 12.5. The summed E-state index contributed by atoms with van der Waals surface area (Å²) in [5, 5.41) is 3.22. The van der Waals surface area contributed by atoms with E-state index in [9.17, 15) is 22.4 Å². The lowest BCUT2D eigenvalue weighted by molar-refractivity contribution is -0.144. The van der Waals surface area contributed by atoms with Gasteiger partial charge in [0.15, 0.2) is 0 Å². The van der Waals surface area contributed by atoms with Crippen molar-refractivity contribution in [3.8, 4) is 5.69 Å². The fourth-order valence-electron chi connectivity index (χ4n) is 2.48. The Balaban J connectivity index is 1.97. The molecule has 0 atom stereocenters. The second kappa shape index (κ2) is 5.49. The molecule has 0 N–H and O–H groups in total. The summed E-state index contributed by atoms with van der Waals surface area (Å²) in [6.45, 7) is 0. The third kappa shape index (κ3) is 2.49. The Morgan fingerprint density at radius 2 is 1.92 bits per heavy atom. The highest BCUT2D eigenvalue weighted by Crippen LogP contribution is 2.27. The number of fused-ring (bicyclic) bond motifs is 3. The Bertz CT molecular complexity index is 1230. The second-order valence-corrected chi connectivity index (χ2v) is 5.70. The van der Waals surface area contributed by atoms with E-state index >= 15 is 0 Å². The van der Waals surface area contributed by atoms with E-state index in [1.807, 2.05) is 0 Å². The number of hydrogen-bond donors (Lipinski definition) is 0. The molecule has 26 heavy (non-hydrogen) atoms. The van der Waals surface area contributed by atoms with Gasteiger partial charge in [-0.2, -0.15) is 22.7 Å². The maximum absolute atomic E-state index is 13.3. The molecule has 0 saturated heterocycles. The van der Waals surface area contributed by atoms with Crippen molar-refractivity contribution in [2.75, 3.05) is 0 Å². The fourth-order valence-corrected chi connectivity index (χ4v) is 2.65. The van der Waals surface area contributed by atoms with Gasteiger partial charge in [0.25, 0.3) is 17.2 Å². The minimum Gasteiger partial charge on any atom is -0.284 e. The lowest BCUT2D eigenvalue weighted by Gasteiger charge is -2.08. The third-order valence-corrected chi connectivity index (χ3v) is 3.96. The SMILES string of the molecule is O=c1c2cnc3nc(C(F)(F)F)nn3c2ccn1-c1ccc(F)c(Cl)c1. The van der Waals surface area contributed by atoms with Gasteiger partial charge < -0.3 is 0 Å². The zero-order valence-corrected chi connectivity index (χ0v) is 13.3. The summed E-state index contributed by atoms with van der Waals surface area (Å²) in [5.74, 6) is -2.28. The molecule has 4 aromatic rings. The quantitative estimate of drug-likeness (QED) is 0.473. The molecule has 0 aliphatic carbocycles. The van der Waals surface area contributed by atoms with Gasteiger partial charge in [-0.05, 0) is 24.3 Å². The van der Waals surface area contributed by atoms with Crippen LogP contribution in [-0.4, -0.2) is 24.1 Å². The first kappa shape index (κ1) is 16.5. The van der Waals surface area contributed by atoms with E-state index in [0.717, 1.165) is 16.8 Å². The number of nitrogens with zero attached hydrogens (tertiary/aromatic N) is 5. The number of aromatic nitrogens is 5. The molecule has 4 rings (SSSR count). The van der Waals surface area contributed by atoms with Gasteiger partial charge in [-0.1, -0.05) is 11.6 Å². The van der Waals surface area contributed by atoms with Crippen LogP contribution < -0.4 is 5.56 Å². The van der Waals surface area contributed by atoms with Crippen LogP contribution in [0, 0.1) is 5.82 Å². The Morgan fingerprint density at radius 1 is 1.15 bits per heavy atom. The minimum absolute atomic E-state index is 0.0130. The van der Waals surface area contributed by atoms with Gasteiger partial charge in [0.05, 0.1) is 21.6 Å². The Hall–Kier alpha value is -3.01. The smallest absolute Gasteiger partial charge is 0.284 e. The monoisotopic (exact) mass is 383 g/mol. The topological polar surface area (TPSA) is 65.1 Å². The molecule has 0 aliphatic rings. The Labute approximate surface area is 146 Å². The molecule has 3 heterocycles. The number of rotatable bonds is 1. The first-order valence-electron chi connectivity index (χ1n) is 7.05. The molecule has 0 amide bonds. The molecular weight excluding hydrogens is 378 g/mol. The van der Waals surface area contributed by atoms with Crippen LogP contribution in [0.15, 0.2) is 41.5 Å². The van der Waals surface area contributed by atoms with Crippen LogP contribution in [-0.2, 0) is 6.18 Å². The van der Waals surface area contributed by atoms with E-state index in [0.29, 0.717) is 0 Å². The molecule has 11 heteroatoms. The molecule has 1 aromatic carbocycles. The highest BCUT2D eigenvalue weighted by atomic mass is 35.5. The van der Waals surface area contributed by atoms with Gasteiger partial charge in [-0.3, -0.25) is 9.36 Å². The van der Waals surface area contributed by atoms with E-state index in [2.05, 4.69) is 15.1 Å². The molecule has 0 spiro atoms. The van der Waals surface area contributed by atoms with Crippen molar-refractivity contribution in [2.45, 2.75) is 6.18 Å². The first-order chi connectivity index (χ1) is 12.3. The summed E-state index contributed by atoms with van der Waals surface area (Å²) in [7, 11) is 0. The van der Waals surface area contributed by atoms with Gasteiger partial charge in [-0.25, -0.2) is 9.37 Å². The van der Waals surface area contributed by atoms with E-state index in [1.54, 1.807) is 0 Å². The van der Waals surface area contributed by atoms with Crippen LogP contribution in [0.25, 0.3) is 22.4 Å². The van der Waals surface area contributed by atoms with Crippen LogP contribution in [0.3, 0.4) is 0 Å². The number of alkyl halides is 3. The van der Waals surface area contributed by atoms with E-state index in [4.69, 9.17) is 11.6 Å². The molecule has 3 aromatic heterocycles. The maximum Gasteiger partial charge on any atom is 0.453 e. The number of hydrogen-bond acceptors (Lipinski definition) is 4. The number of halogens is 5. The molecule has 0 unspecified atom stereocenters. The zero-order chi connectivity index (χ0) is 18.6. The summed E-state index contributed by atoms with van der Waals surface area (Å²) >= 11 is 5.73. The van der Waals surface area contributed by atoms with Crippen LogP contribution in [0.2, 0.25) is 5.02 Å². The highest BCUT2D eigenvalue weighted by Gasteiger charge is 2.36. The average Bonchev–Trinajstić information content (AvgIpc) is 3.03. The van der Waals surface area contributed by atoms with Gasteiger partial charge in [0.1, 0.15) is 5.82 Å². The highest BCUT2D eigenvalue weighted by molar-refractivity contribution is 6.30. The average molecular weight is 384 g/mol. The standard InChI is InChI=1S/C15H6ClF4N5O/c16-9-5-7(1-2-10(9)17)24-4-3-11-8(12(24)26)6-21-14-22-13(15(18,19)20)23-25(11)14/h1-6H. The minimum atomic E-state index is -4.74. The summed E-state index contributed by atoms with van der Waals surface area (Å²) < 4.78 is 53.7. The Kier molecular flexibility index (Phi) is 3.48. The van der Waals surface area contributed by atoms with E-state index in [-0.39, 0.29) is 27.4 Å². The predicted octanol–water partition coefficient (Wildman–Crippen LogP) is 3.24. The van der Waals surface area contributed by atoms with Crippen LogP contribution in [0.4, 0.5) is 17.6 Å². The molecule has 6 nitrogen and oxygen atoms in total.